The topological polar surface area (TPSA) is 80.8 Å². The van der Waals surface area contributed by atoms with Gasteiger partial charge in [-0.3, -0.25) is 24.1 Å². The lowest BCUT2D eigenvalue weighted by Crippen LogP contribution is -2.40. The summed E-state index contributed by atoms with van der Waals surface area (Å²) in [6.07, 6.45) is 5.27. The van der Waals surface area contributed by atoms with E-state index in [9.17, 15) is 19.2 Å². The van der Waals surface area contributed by atoms with Crippen LogP contribution in [-0.4, -0.2) is 41.6 Å². The van der Waals surface area contributed by atoms with Gasteiger partial charge in [-0.15, -0.1) is 0 Å². The Labute approximate surface area is 191 Å². The molecule has 1 saturated heterocycles. The van der Waals surface area contributed by atoms with Gasteiger partial charge in [0, 0.05) is 5.56 Å². The standard InChI is InChI=1S/C27H23NO5/c29-22(17-8-6-16(7-9-17)15-4-2-1-3-5-15)14-33-23(30)13-28-26(31)24-18-10-11-19(21-12-20(18)21)25(24)27(28)32/h1-11,18-21,24-25H,12-14H2/t18-,19+,20-,21-,24+,25+/m1/s1. The summed E-state index contributed by atoms with van der Waals surface area (Å²) in [7, 11) is 0. The fraction of sp³-hybridized carbons (Fsp3) is 0.333. The van der Waals surface area contributed by atoms with Crippen molar-refractivity contribution >= 4 is 23.6 Å². The van der Waals surface area contributed by atoms with Gasteiger partial charge in [-0.2, -0.15) is 0 Å². The fourth-order valence-electron chi connectivity index (χ4n) is 6.06. The van der Waals surface area contributed by atoms with Crippen molar-refractivity contribution in [3.05, 3.63) is 72.3 Å². The van der Waals surface area contributed by atoms with Crippen LogP contribution >= 0.6 is 0 Å². The van der Waals surface area contributed by atoms with Crippen molar-refractivity contribution in [1.82, 2.24) is 4.90 Å². The van der Waals surface area contributed by atoms with Crippen LogP contribution in [0.2, 0.25) is 0 Å². The monoisotopic (exact) mass is 441 g/mol. The first-order chi connectivity index (χ1) is 16.0. The third kappa shape index (κ3) is 3.24. The highest BCUT2D eigenvalue weighted by molar-refractivity contribution is 6.08. The first-order valence-corrected chi connectivity index (χ1v) is 11.4. The summed E-state index contributed by atoms with van der Waals surface area (Å²) < 4.78 is 5.13. The maximum Gasteiger partial charge on any atom is 0.326 e. The van der Waals surface area contributed by atoms with E-state index in [1.54, 1.807) is 12.1 Å². The van der Waals surface area contributed by atoms with E-state index in [0.29, 0.717) is 17.4 Å². The number of benzene rings is 2. The van der Waals surface area contributed by atoms with Crippen molar-refractivity contribution in [1.29, 1.82) is 0 Å². The molecule has 7 rings (SSSR count). The van der Waals surface area contributed by atoms with E-state index in [-0.39, 0.29) is 41.3 Å². The number of hydrogen-bond donors (Lipinski definition) is 0. The van der Waals surface area contributed by atoms with Gasteiger partial charge in [0.25, 0.3) is 0 Å². The van der Waals surface area contributed by atoms with Crippen molar-refractivity contribution < 1.29 is 23.9 Å². The number of ether oxygens (including phenoxy) is 1. The number of hydrogen-bond acceptors (Lipinski definition) is 5. The van der Waals surface area contributed by atoms with E-state index in [0.717, 1.165) is 22.4 Å². The van der Waals surface area contributed by atoms with Gasteiger partial charge < -0.3 is 4.74 Å². The predicted octanol–water partition coefficient (Wildman–Crippen LogP) is 3.13. The molecule has 4 aliphatic carbocycles. The zero-order valence-corrected chi connectivity index (χ0v) is 17.9. The number of likely N-dealkylation sites (tertiary alicyclic amines) is 1. The molecule has 6 nitrogen and oxygen atoms in total. The van der Waals surface area contributed by atoms with Crippen LogP contribution in [0.15, 0.2) is 66.7 Å². The van der Waals surface area contributed by atoms with E-state index in [1.165, 1.54) is 0 Å². The van der Waals surface area contributed by atoms with Crippen LogP contribution in [0.25, 0.3) is 11.1 Å². The quantitative estimate of drug-likeness (QED) is 0.298. The summed E-state index contributed by atoms with van der Waals surface area (Å²) in [5, 5.41) is 0. The Bertz CT molecular complexity index is 1150. The third-order valence-electron chi connectivity index (χ3n) is 7.72. The maximum absolute atomic E-state index is 12.9. The lowest BCUT2D eigenvalue weighted by Gasteiger charge is -2.37. The second kappa shape index (κ2) is 7.51. The van der Waals surface area contributed by atoms with Crippen LogP contribution in [-0.2, 0) is 19.1 Å². The molecule has 0 N–H and O–H groups in total. The molecule has 5 aliphatic rings. The summed E-state index contributed by atoms with van der Waals surface area (Å²) >= 11 is 0. The van der Waals surface area contributed by atoms with Crippen molar-refractivity contribution in [3.8, 4) is 11.1 Å². The molecule has 0 radical (unpaired) electrons. The highest BCUT2D eigenvalue weighted by atomic mass is 16.5. The van der Waals surface area contributed by atoms with Crippen LogP contribution in [0.3, 0.4) is 0 Å². The van der Waals surface area contributed by atoms with Crippen LogP contribution < -0.4 is 0 Å². The number of imide groups is 1. The zero-order chi connectivity index (χ0) is 22.7. The molecule has 2 aromatic rings. The fourth-order valence-corrected chi connectivity index (χ4v) is 6.06. The number of esters is 1. The largest absolute Gasteiger partial charge is 0.456 e. The highest BCUT2D eigenvalue weighted by Crippen LogP contribution is 2.65. The SMILES string of the molecule is O=C(CN1C(=O)[C@H]2[C@@H]3C=C[C@@H]([C@H]4C[C@H]34)[C@@H]2C1=O)OCC(=O)c1ccc(-c2ccccc2)cc1. The van der Waals surface area contributed by atoms with E-state index in [1.807, 2.05) is 42.5 Å². The van der Waals surface area contributed by atoms with Gasteiger partial charge in [0.2, 0.25) is 11.8 Å². The van der Waals surface area contributed by atoms with E-state index in [2.05, 4.69) is 12.2 Å². The average molecular weight is 441 g/mol. The second-order valence-corrected chi connectivity index (χ2v) is 9.44. The highest BCUT2D eigenvalue weighted by Gasteiger charge is 2.67. The zero-order valence-electron chi connectivity index (χ0n) is 17.9. The molecule has 0 unspecified atom stereocenters. The Morgan fingerprint density at radius 1 is 0.818 bits per heavy atom. The normalized spacial score (nSPS) is 30.7. The molecule has 33 heavy (non-hydrogen) atoms. The number of amides is 2. The molecular weight excluding hydrogens is 418 g/mol. The lowest BCUT2D eigenvalue weighted by molar-refractivity contribution is -0.152. The molecular formula is C27H23NO5. The van der Waals surface area contributed by atoms with E-state index >= 15 is 0 Å². The minimum Gasteiger partial charge on any atom is -0.456 e. The summed E-state index contributed by atoms with van der Waals surface area (Å²) in [6.45, 7) is -0.858. The molecule has 1 aliphatic heterocycles. The number of carbonyl (C=O) groups is 4. The third-order valence-corrected chi connectivity index (χ3v) is 7.72. The minimum absolute atomic E-state index is 0.114. The van der Waals surface area contributed by atoms with Gasteiger partial charge >= 0.3 is 5.97 Å². The Kier molecular flexibility index (Phi) is 4.57. The second-order valence-electron chi connectivity index (χ2n) is 9.44. The van der Waals surface area contributed by atoms with Gasteiger partial charge in [-0.05, 0) is 41.2 Å². The summed E-state index contributed by atoms with van der Waals surface area (Å²) in [5.74, 6) is -1.04. The van der Waals surface area contributed by atoms with Crippen LogP contribution in [0.5, 0.6) is 0 Å². The molecule has 3 fully saturated rings. The first kappa shape index (κ1) is 20.1. The Hall–Kier alpha value is -3.54. The molecule has 0 spiro atoms. The van der Waals surface area contributed by atoms with Gasteiger partial charge in [0.15, 0.2) is 12.4 Å². The number of carbonyl (C=O) groups excluding carboxylic acids is 4. The van der Waals surface area contributed by atoms with Crippen LogP contribution in [0.4, 0.5) is 0 Å². The van der Waals surface area contributed by atoms with E-state index in [4.69, 9.17) is 4.74 Å². The molecule has 2 aromatic carbocycles. The number of nitrogens with zero attached hydrogens (tertiary/aromatic N) is 1. The molecule has 2 amide bonds. The average Bonchev–Trinajstić information content (AvgIpc) is 3.64. The molecule has 1 heterocycles. The molecule has 6 heteroatoms. The summed E-state index contributed by atoms with van der Waals surface area (Å²) in [6, 6.07) is 16.9. The van der Waals surface area contributed by atoms with Crippen molar-refractivity contribution in [3.63, 3.8) is 0 Å². The predicted molar refractivity (Wildman–Crippen MR) is 119 cm³/mol. The maximum atomic E-state index is 12.9. The van der Waals surface area contributed by atoms with Crippen molar-refractivity contribution in [2.24, 2.45) is 35.5 Å². The summed E-state index contributed by atoms with van der Waals surface area (Å²) in [4.78, 5) is 51.8. The molecule has 0 aromatic heterocycles. The number of ketones is 1. The van der Waals surface area contributed by atoms with Gasteiger partial charge in [-0.25, -0.2) is 0 Å². The molecule has 2 saturated carbocycles. The van der Waals surface area contributed by atoms with Crippen molar-refractivity contribution in [2.45, 2.75) is 6.42 Å². The Balaban J connectivity index is 1.06. The van der Waals surface area contributed by atoms with Gasteiger partial charge in [0.05, 0.1) is 11.8 Å². The number of rotatable bonds is 6. The number of allylic oxidation sites excluding steroid dienone is 2. The Morgan fingerprint density at radius 3 is 2.00 bits per heavy atom. The first-order valence-electron chi connectivity index (χ1n) is 11.4. The smallest absolute Gasteiger partial charge is 0.326 e. The van der Waals surface area contributed by atoms with Gasteiger partial charge in [-0.1, -0.05) is 66.7 Å². The van der Waals surface area contributed by atoms with Crippen LogP contribution in [0, 0.1) is 35.5 Å². The molecule has 6 atom stereocenters. The number of Topliss-reactive ketones (excluding diaryl/α,β-unsaturated/α-hetero) is 1. The van der Waals surface area contributed by atoms with Crippen molar-refractivity contribution in [2.75, 3.05) is 13.2 Å². The van der Waals surface area contributed by atoms with E-state index < -0.39 is 19.1 Å². The molecule has 166 valence electrons. The summed E-state index contributed by atoms with van der Waals surface area (Å²) in [5.41, 5.74) is 2.46. The van der Waals surface area contributed by atoms with Crippen LogP contribution in [0.1, 0.15) is 16.8 Å². The van der Waals surface area contributed by atoms with Gasteiger partial charge in [0.1, 0.15) is 6.54 Å². The minimum atomic E-state index is -0.741. The molecule has 2 bridgehead atoms. The lowest BCUT2D eigenvalue weighted by atomic mass is 9.63. The Morgan fingerprint density at radius 2 is 1.39 bits per heavy atom.